The lowest BCUT2D eigenvalue weighted by molar-refractivity contribution is -0.142. The second-order valence-corrected chi connectivity index (χ2v) is 7.04. The van der Waals surface area contributed by atoms with Crippen LogP contribution >= 0.6 is 0 Å². The third-order valence-electron chi connectivity index (χ3n) is 4.73. The number of aryl methyl sites for hydroxylation is 1. The Kier molecular flexibility index (Phi) is 8.78. The zero-order chi connectivity index (χ0) is 23.7. The van der Waals surface area contributed by atoms with Crippen molar-refractivity contribution in [3.05, 3.63) is 58.4 Å². The molecule has 0 bridgehead atoms. The van der Waals surface area contributed by atoms with Gasteiger partial charge in [0.25, 0.3) is 5.91 Å². The standard InChI is InChI=1S/C24H27N3O5/c1-5-11-27-16(3)12-18(17(27)4)13-19(14-25)23(29)32-15-22(28)26-21-10-8-7-9-20(21)24(30)31-6-2/h7-10,12-13H,5-6,11,15H2,1-4H3,(H,26,28). The van der Waals surface area contributed by atoms with Gasteiger partial charge >= 0.3 is 11.9 Å². The van der Waals surface area contributed by atoms with E-state index in [1.807, 2.05) is 26.0 Å². The van der Waals surface area contributed by atoms with Crippen molar-refractivity contribution < 1.29 is 23.9 Å². The molecule has 8 nitrogen and oxygen atoms in total. The van der Waals surface area contributed by atoms with Crippen molar-refractivity contribution in [3.63, 3.8) is 0 Å². The highest BCUT2D eigenvalue weighted by atomic mass is 16.5. The number of aromatic nitrogens is 1. The maximum absolute atomic E-state index is 12.4. The number of anilines is 1. The topological polar surface area (TPSA) is 110 Å². The monoisotopic (exact) mass is 437 g/mol. The molecule has 1 N–H and O–H groups in total. The number of hydrogen-bond acceptors (Lipinski definition) is 6. The highest BCUT2D eigenvalue weighted by Gasteiger charge is 2.17. The molecule has 0 fully saturated rings. The lowest BCUT2D eigenvalue weighted by atomic mass is 10.1. The lowest BCUT2D eigenvalue weighted by Gasteiger charge is -2.10. The van der Waals surface area contributed by atoms with E-state index < -0.39 is 24.5 Å². The average molecular weight is 437 g/mol. The molecule has 0 aliphatic carbocycles. The highest BCUT2D eigenvalue weighted by Crippen LogP contribution is 2.19. The first kappa shape index (κ1) is 24.4. The number of nitriles is 1. The van der Waals surface area contributed by atoms with Crippen molar-refractivity contribution in [1.82, 2.24) is 4.57 Å². The van der Waals surface area contributed by atoms with Crippen LogP contribution < -0.4 is 5.32 Å². The van der Waals surface area contributed by atoms with Crippen molar-refractivity contribution in [2.24, 2.45) is 0 Å². The van der Waals surface area contributed by atoms with E-state index in [1.54, 1.807) is 25.1 Å². The molecule has 2 aromatic rings. The number of hydrogen-bond donors (Lipinski definition) is 1. The van der Waals surface area contributed by atoms with Crippen molar-refractivity contribution in [3.8, 4) is 6.07 Å². The van der Waals surface area contributed by atoms with Gasteiger partial charge in [-0.15, -0.1) is 0 Å². The number of para-hydroxylation sites is 1. The number of benzene rings is 1. The largest absolute Gasteiger partial charge is 0.462 e. The van der Waals surface area contributed by atoms with Gasteiger partial charge in [-0.3, -0.25) is 4.79 Å². The van der Waals surface area contributed by atoms with Gasteiger partial charge in [0, 0.05) is 17.9 Å². The van der Waals surface area contributed by atoms with Gasteiger partial charge in [-0.2, -0.15) is 5.26 Å². The van der Waals surface area contributed by atoms with Crippen LogP contribution in [0.4, 0.5) is 5.69 Å². The molecule has 0 aliphatic rings. The highest BCUT2D eigenvalue weighted by molar-refractivity contribution is 6.03. The van der Waals surface area contributed by atoms with Crippen LogP contribution in [0.5, 0.6) is 0 Å². The van der Waals surface area contributed by atoms with E-state index in [0.29, 0.717) is 0 Å². The maximum atomic E-state index is 12.4. The van der Waals surface area contributed by atoms with Crippen LogP contribution in [0.15, 0.2) is 35.9 Å². The van der Waals surface area contributed by atoms with Crippen LogP contribution in [-0.2, 0) is 25.6 Å². The van der Waals surface area contributed by atoms with Gasteiger partial charge in [0.2, 0.25) is 0 Å². The average Bonchev–Trinajstić information content (AvgIpc) is 3.04. The Bertz CT molecular complexity index is 1080. The summed E-state index contributed by atoms with van der Waals surface area (Å²) >= 11 is 0. The Labute approximate surface area is 187 Å². The Hall–Kier alpha value is -3.86. The number of carbonyl (C=O) groups excluding carboxylic acids is 3. The number of rotatable bonds is 9. The molecule has 1 aromatic heterocycles. The summed E-state index contributed by atoms with van der Waals surface area (Å²) in [5.74, 6) is -2.12. The first-order chi connectivity index (χ1) is 15.3. The van der Waals surface area contributed by atoms with Crippen LogP contribution in [0.25, 0.3) is 6.08 Å². The number of nitrogens with one attached hydrogen (secondary N) is 1. The molecule has 1 aromatic carbocycles. The smallest absolute Gasteiger partial charge is 0.349 e. The lowest BCUT2D eigenvalue weighted by Crippen LogP contribution is -2.22. The fourth-order valence-electron chi connectivity index (χ4n) is 3.21. The molecule has 0 atom stereocenters. The van der Waals surface area contributed by atoms with Crippen LogP contribution in [-0.4, -0.2) is 35.6 Å². The molecule has 0 radical (unpaired) electrons. The summed E-state index contributed by atoms with van der Waals surface area (Å²) in [6.45, 7) is 8.06. The molecule has 32 heavy (non-hydrogen) atoms. The quantitative estimate of drug-likeness (QED) is 0.363. The molecule has 0 saturated carbocycles. The molecule has 0 spiro atoms. The van der Waals surface area contributed by atoms with Crippen LogP contribution in [0, 0.1) is 25.2 Å². The van der Waals surface area contributed by atoms with Crippen molar-refractivity contribution >= 4 is 29.6 Å². The van der Waals surface area contributed by atoms with E-state index in [9.17, 15) is 19.6 Å². The molecule has 2 rings (SSSR count). The predicted octanol–water partition coefficient (Wildman–Crippen LogP) is 3.78. The normalized spacial score (nSPS) is 10.9. The van der Waals surface area contributed by atoms with E-state index in [0.717, 1.165) is 29.9 Å². The summed E-state index contributed by atoms with van der Waals surface area (Å²) in [5.41, 5.74) is 2.94. The maximum Gasteiger partial charge on any atom is 0.349 e. The van der Waals surface area contributed by atoms with Gasteiger partial charge in [-0.05, 0) is 57.0 Å². The first-order valence-corrected chi connectivity index (χ1v) is 10.3. The second-order valence-electron chi connectivity index (χ2n) is 7.04. The molecular weight excluding hydrogens is 410 g/mol. The third kappa shape index (κ3) is 6.08. The van der Waals surface area contributed by atoms with Gasteiger partial charge < -0.3 is 19.4 Å². The van der Waals surface area contributed by atoms with Crippen LogP contribution in [0.1, 0.15) is 47.6 Å². The summed E-state index contributed by atoms with van der Waals surface area (Å²) in [5, 5.41) is 11.9. The van der Waals surface area contributed by atoms with Crippen LogP contribution in [0.3, 0.4) is 0 Å². The van der Waals surface area contributed by atoms with Gasteiger partial charge in [-0.1, -0.05) is 19.1 Å². The Balaban J connectivity index is 2.06. The van der Waals surface area contributed by atoms with Crippen LogP contribution in [0.2, 0.25) is 0 Å². The van der Waals surface area contributed by atoms with E-state index in [4.69, 9.17) is 9.47 Å². The fraction of sp³-hybridized carbons (Fsp3) is 0.333. The van der Waals surface area contributed by atoms with Crippen molar-refractivity contribution in [2.45, 2.75) is 40.7 Å². The minimum atomic E-state index is -0.901. The van der Waals surface area contributed by atoms with Gasteiger partial charge in [0.05, 0.1) is 17.9 Å². The zero-order valence-corrected chi connectivity index (χ0v) is 18.7. The second kappa shape index (κ2) is 11.5. The summed E-state index contributed by atoms with van der Waals surface area (Å²) in [6.07, 6.45) is 2.42. The molecule has 1 amide bonds. The molecule has 0 aliphatic heterocycles. The molecule has 8 heteroatoms. The Morgan fingerprint density at radius 1 is 1.16 bits per heavy atom. The minimum absolute atomic E-state index is 0.189. The fourth-order valence-corrected chi connectivity index (χ4v) is 3.21. The molecule has 0 unspecified atom stereocenters. The van der Waals surface area contributed by atoms with E-state index in [-0.39, 0.29) is 23.4 Å². The summed E-state index contributed by atoms with van der Waals surface area (Å²) in [7, 11) is 0. The third-order valence-corrected chi connectivity index (χ3v) is 4.73. The number of ether oxygens (including phenoxy) is 2. The predicted molar refractivity (Wildman–Crippen MR) is 120 cm³/mol. The van der Waals surface area contributed by atoms with Gasteiger partial charge in [-0.25, -0.2) is 9.59 Å². The van der Waals surface area contributed by atoms with E-state index in [1.165, 1.54) is 12.1 Å². The molecule has 0 saturated heterocycles. The zero-order valence-electron chi connectivity index (χ0n) is 18.7. The number of nitrogens with zero attached hydrogens (tertiary/aromatic N) is 2. The number of esters is 2. The van der Waals surface area contributed by atoms with Crippen molar-refractivity contribution in [1.29, 1.82) is 5.26 Å². The van der Waals surface area contributed by atoms with Crippen molar-refractivity contribution in [2.75, 3.05) is 18.5 Å². The minimum Gasteiger partial charge on any atom is -0.462 e. The summed E-state index contributed by atoms with van der Waals surface area (Å²) in [6, 6.07) is 10.1. The number of amides is 1. The first-order valence-electron chi connectivity index (χ1n) is 10.3. The summed E-state index contributed by atoms with van der Waals surface area (Å²) < 4.78 is 12.1. The Morgan fingerprint density at radius 3 is 2.53 bits per heavy atom. The molecule has 168 valence electrons. The number of carbonyl (C=O) groups is 3. The van der Waals surface area contributed by atoms with Gasteiger partial charge in [0.1, 0.15) is 11.6 Å². The van der Waals surface area contributed by atoms with E-state index in [2.05, 4.69) is 16.8 Å². The SMILES string of the molecule is CCCn1c(C)cc(C=C(C#N)C(=O)OCC(=O)Nc2ccccc2C(=O)OCC)c1C. The van der Waals surface area contributed by atoms with Gasteiger partial charge in [0.15, 0.2) is 6.61 Å². The summed E-state index contributed by atoms with van der Waals surface area (Å²) in [4.78, 5) is 36.6. The Morgan fingerprint density at radius 2 is 1.88 bits per heavy atom. The molecular formula is C24H27N3O5. The van der Waals surface area contributed by atoms with E-state index >= 15 is 0 Å². The molecule has 1 heterocycles.